The van der Waals surface area contributed by atoms with E-state index in [1.165, 1.54) is 12.1 Å². The summed E-state index contributed by atoms with van der Waals surface area (Å²) in [5, 5.41) is 11.4. The van der Waals surface area contributed by atoms with Gasteiger partial charge in [0.25, 0.3) is 0 Å². The first-order chi connectivity index (χ1) is 7.93. The van der Waals surface area contributed by atoms with Crippen LogP contribution in [0.3, 0.4) is 0 Å². The number of hydrogen-bond acceptors (Lipinski definition) is 3. The summed E-state index contributed by atoms with van der Waals surface area (Å²) < 4.78 is 0.581. The van der Waals surface area contributed by atoms with E-state index in [1.54, 1.807) is 13.0 Å². The minimum absolute atomic E-state index is 0.0970. The van der Waals surface area contributed by atoms with Gasteiger partial charge in [-0.05, 0) is 24.6 Å². The molecule has 0 saturated carbocycles. The lowest BCUT2D eigenvalue weighted by molar-refractivity contribution is -0.117. The van der Waals surface area contributed by atoms with Crippen molar-refractivity contribution in [3.05, 3.63) is 28.2 Å². The van der Waals surface area contributed by atoms with Crippen molar-refractivity contribution in [2.75, 3.05) is 5.32 Å². The standard InChI is InChI=1S/C11H13BrN2O3/c1-2-9(13)10(15)14-8-4-6(11(16)17)3-7(12)5-8/h3-5,9H,2,13H2,1H3,(H,14,15)(H,16,17). The third-order valence-corrected chi connectivity index (χ3v) is 2.65. The lowest BCUT2D eigenvalue weighted by Crippen LogP contribution is -2.34. The number of benzene rings is 1. The second-order valence-corrected chi connectivity index (χ2v) is 4.45. The molecule has 0 aliphatic rings. The molecule has 1 rings (SSSR count). The van der Waals surface area contributed by atoms with Gasteiger partial charge in [0.05, 0.1) is 11.6 Å². The van der Waals surface area contributed by atoms with Gasteiger partial charge in [-0.15, -0.1) is 0 Å². The highest BCUT2D eigenvalue weighted by Gasteiger charge is 2.12. The molecule has 5 nitrogen and oxygen atoms in total. The topological polar surface area (TPSA) is 92.4 Å². The Morgan fingerprint density at radius 2 is 2.12 bits per heavy atom. The molecule has 92 valence electrons. The maximum Gasteiger partial charge on any atom is 0.335 e. The zero-order chi connectivity index (χ0) is 13.0. The van der Waals surface area contributed by atoms with Gasteiger partial charge in [0.15, 0.2) is 0 Å². The highest BCUT2D eigenvalue weighted by molar-refractivity contribution is 9.10. The van der Waals surface area contributed by atoms with Gasteiger partial charge in [-0.1, -0.05) is 22.9 Å². The van der Waals surface area contributed by atoms with Crippen LogP contribution in [0.1, 0.15) is 23.7 Å². The summed E-state index contributed by atoms with van der Waals surface area (Å²) in [6.45, 7) is 1.80. The number of nitrogens with two attached hydrogens (primary N) is 1. The maximum absolute atomic E-state index is 11.5. The Morgan fingerprint density at radius 1 is 1.47 bits per heavy atom. The highest BCUT2D eigenvalue weighted by Crippen LogP contribution is 2.20. The summed E-state index contributed by atoms with van der Waals surface area (Å²) in [4.78, 5) is 22.4. The van der Waals surface area contributed by atoms with Gasteiger partial charge in [0.2, 0.25) is 5.91 Å². The van der Waals surface area contributed by atoms with Crippen molar-refractivity contribution in [3.63, 3.8) is 0 Å². The number of carboxylic acid groups (broad SMARTS) is 1. The van der Waals surface area contributed by atoms with E-state index in [1.807, 2.05) is 0 Å². The van der Waals surface area contributed by atoms with Gasteiger partial charge in [-0.3, -0.25) is 4.79 Å². The average Bonchev–Trinajstić information content (AvgIpc) is 2.26. The summed E-state index contributed by atoms with van der Waals surface area (Å²) in [5.41, 5.74) is 6.07. The summed E-state index contributed by atoms with van der Waals surface area (Å²) >= 11 is 3.18. The number of anilines is 1. The zero-order valence-electron chi connectivity index (χ0n) is 9.24. The van der Waals surface area contributed by atoms with Crippen molar-refractivity contribution >= 4 is 33.5 Å². The molecule has 1 amide bonds. The van der Waals surface area contributed by atoms with Crippen LogP contribution in [0.15, 0.2) is 22.7 Å². The van der Waals surface area contributed by atoms with Crippen LogP contribution in [-0.4, -0.2) is 23.0 Å². The second kappa shape index (κ2) is 5.79. The number of halogens is 1. The van der Waals surface area contributed by atoms with Crippen LogP contribution >= 0.6 is 15.9 Å². The van der Waals surface area contributed by atoms with Gasteiger partial charge in [0, 0.05) is 10.2 Å². The van der Waals surface area contributed by atoms with Gasteiger partial charge < -0.3 is 16.2 Å². The number of carbonyl (C=O) groups is 2. The third kappa shape index (κ3) is 3.83. The van der Waals surface area contributed by atoms with E-state index in [0.717, 1.165) is 0 Å². The van der Waals surface area contributed by atoms with Gasteiger partial charge >= 0.3 is 5.97 Å². The molecule has 6 heteroatoms. The van der Waals surface area contributed by atoms with Gasteiger partial charge in [-0.25, -0.2) is 4.79 Å². The van der Waals surface area contributed by atoms with E-state index in [9.17, 15) is 9.59 Å². The summed E-state index contributed by atoms with van der Waals surface area (Å²) in [5.74, 6) is -1.39. The highest BCUT2D eigenvalue weighted by atomic mass is 79.9. The fraction of sp³-hybridized carbons (Fsp3) is 0.273. The Bertz CT molecular complexity index is 448. The number of carboxylic acids is 1. The van der Waals surface area contributed by atoms with Crippen LogP contribution in [0, 0.1) is 0 Å². The smallest absolute Gasteiger partial charge is 0.335 e. The number of amides is 1. The van der Waals surface area contributed by atoms with E-state index in [4.69, 9.17) is 10.8 Å². The quantitative estimate of drug-likeness (QED) is 0.791. The molecule has 0 heterocycles. The summed E-state index contributed by atoms with van der Waals surface area (Å²) in [7, 11) is 0. The van der Waals surface area contributed by atoms with Crippen LogP contribution in [-0.2, 0) is 4.79 Å². The molecular formula is C11H13BrN2O3. The van der Waals surface area contributed by atoms with Crippen LogP contribution in [0.2, 0.25) is 0 Å². The largest absolute Gasteiger partial charge is 0.478 e. The normalized spacial score (nSPS) is 11.9. The van der Waals surface area contributed by atoms with Gasteiger partial charge in [-0.2, -0.15) is 0 Å². The van der Waals surface area contributed by atoms with Crippen LogP contribution in [0.25, 0.3) is 0 Å². The predicted octanol–water partition coefficient (Wildman–Crippen LogP) is 1.82. The molecule has 0 saturated heterocycles. The minimum Gasteiger partial charge on any atom is -0.478 e. The molecule has 1 atom stereocenters. The number of nitrogens with one attached hydrogen (secondary N) is 1. The molecule has 4 N–H and O–H groups in total. The fourth-order valence-electron chi connectivity index (χ4n) is 1.21. The minimum atomic E-state index is -1.05. The average molecular weight is 301 g/mol. The monoisotopic (exact) mass is 300 g/mol. The molecular weight excluding hydrogens is 288 g/mol. The van der Waals surface area contributed by atoms with E-state index >= 15 is 0 Å². The van der Waals surface area contributed by atoms with E-state index in [2.05, 4.69) is 21.2 Å². The lowest BCUT2D eigenvalue weighted by Gasteiger charge is -2.10. The summed E-state index contributed by atoms with van der Waals surface area (Å²) in [6, 6.07) is 3.86. The predicted molar refractivity (Wildman–Crippen MR) is 68.0 cm³/mol. The number of rotatable bonds is 4. The Balaban J connectivity index is 2.92. The van der Waals surface area contributed by atoms with E-state index < -0.39 is 12.0 Å². The molecule has 0 radical (unpaired) electrons. The first-order valence-electron chi connectivity index (χ1n) is 5.04. The first-order valence-corrected chi connectivity index (χ1v) is 5.83. The Morgan fingerprint density at radius 3 is 2.65 bits per heavy atom. The van der Waals surface area contributed by atoms with Crippen molar-refractivity contribution < 1.29 is 14.7 Å². The molecule has 1 unspecified atom stereocenters. The van der Waals surface area contributed by atoms with Crippen LogP contribution in [0.4, 0.5) is 5.69 Å². The Labute approximate surface area is 107 Å². The van der Waals surface area contributed by atoms with E-state index in [-0.39, 0.29) is 11.5 Å². The molecule has 1 aromatic carbocycles. The van der Waals surface area contributed by atoms with E-state index in [0.29, 0.717) is 16.6 Å². The molecule has 0 fully saturated rings. The van der Waals surface area contributed by atoms with Crippen molar-refractivity contribution in [1.29, 1.82) is 0 Å². The number of aromatic carboxylic acids is 1. The fourth-order valence-corrected chi connectivity index (χ4v) is 1.70. The molecule has 17 heavy (non-hydrogen) atoms. The zero-order valence-corrected chi connectivity index (χ0v) is 10.8. The molecule has 0 aromatic heterocycles. The molecule has 0 spiro atoms. The lowest BCUT2D eigenvalue weighted by atomic mass is 10.2. The van der Waals surface area contributed by atoms with Crippen molar-refractivity contribution in [2.24, 2.45) is 5.73 Å². The first kappa shape index (κ1) is 13.7. The van der Waals surface area contributed by atoms with Crippen LogP contribution in [0.5, 0.6) is 0 Å². The Kier molecular flexibility index (Phi) is 4.65. The molecule has 0 aliphatic carbocycles. The number of carbonyl (C=O) groups excluding carboxylic acids is 1. The second-order valence-electron chi connectivity index (χ2n) is 3.54. The number of hydrogen-bond donors (Lipinski definition) is 3. The van der Waals surface area contributed by atoms with Crippen molar-refractivity contribution in [2.45, 2.75) is 19.4 Å². The van der Waals surface area contributed by atoms with Crippen LogP contribution < -0.4 is 11.1 Å². The molecule has 1 aromatic rings. The molecule has 0 bridgehead atoms. The van der Waals surface area contributed by atoms with Crippen molar-refractivity contribution in [3.8, 4) is 0 Å². The SMILES string of the molecule is CCC(N)C(=O)Nc1cc(Br)cc(C(=O)O)c1. The van der Waals surface area contributed by atoms with Crippen molar-refractivity contribution in [1.82, 2.24) is 0 Å². The van der Waals surface area contributed by atoms with Gasteiger partial charge in [0.1, 0.15) is 0 Å². The summed E-state index contributed by atoms with van der Waals surface area (Å²) in [6.07, 6.45) is 0.519. The molecule has 0 aliphatic heterocycles. The Hall–Kier alpha value is -1.40. The third-order valence-electron chi connectivity index (χ3n) is 2.19. The maximum atomic E-state index is 11.5.